The minimum Gasteiger partial charge on any atom is -0.495 e. The molecule has 0 heterocycles. The quantitative estimate of drug-likeness (QED) is 0.924. The fraction of sp³-hybridized carbons (Fsp3) is 0.538. The summed E-state index contributed by atoms with van der Waals surface area (Å²) in [5.41, 5.74) is 3.01. The van der Waals surface area contributed by atoms with Gasteiger partial charge in [0.25, 0.3) is 0 Å². The highest BCUT2D eigenvalue weighted by Crippen LogP contribution is 2.43. The molecule has 1 aromatic rings. The van der Waals surface area contributed by atoms with Crippen LogP contribution < -0.4 is 4.74 Å². The summed E-state index contributed by atoms with van der Waals surface area (Å²) in [5.74, 6) is 0.873. The zero-order valence-corrected chi connectivity index (χ0v) is 11.5. The van der Waals surface area contributed by atoms with E-state index in [0.29, 0.717) is 6.42 Å². The van der Waals surface area contributed by atoms with E-state index >= 15 is 0 Å². The third kappa shape index (κ3) is 2.11. The molecule has 0 atom stereocenters. The molecule has 2 nitrogen and oxygen atoms in total. The van der Waals surface area contributed by atoms with Crippen LogP contribution >= 0.6 is 15.9 Å². The lowest BCUT2D eigenvalue weighted by molar-refractivity contribution is 0.149. The zero-order chi connectivity index (χ0) is 11.9. The van der Waals surface area contributed by atoms with Crippen LogP contribution in [-0.4, -0.2) is 17.8 Å². The average Bonchev–Trinajstić information content (AvgIpc) is 2.94. The average molecular weight is 285 g/mol. The van der Waals surface area contributed by atoms with Gasteiger partial charge >= 0.3 is 0 Å². The number of hydrogen-bond acceptors (Lipinski definition) is 2. The summed E-state index contributed by atoms with van der Waals surface area (Å²) in [7, 11) is 1.68. The molecule has 0 bridgehead atoms. The lowest BCUT2D eigenvalue weighted by Gasteiger charge is -2.17. The molecular weight excluding hydrogens is 268 g/mol. The molecule has 0 saturated heterocycles. The summed E-state index contributed by atoms with van der Waals surface area (Å²) in [6.07, 6.45) is 2.50. The summed E-state index contributed by atoms with van der Waals surface area (Å²) in [6.45, 7) is 4.12. The maximum absolute atomic E-state index is 10.0. The van der Waals surface area contributed by atoms with Crippen LogP contribution in [0.5, 0.6) is 5.75 Å². The molecule has 1 aliphatic rings. The van der Waals surface area contributed by atoms with Crippen molar-refractivity contribution in [2.75, 3.05) is 7.11 Å². The number of rotatable bonds is 3. The number of aryl methyl sites for hydroxylation is 2. The van der Waals surface area contributed by atoms with Gasteiger partial charge in [0, 0.05) is 12.0 Å². The standard InChI is InChI=1S/C13H17BrO2/c1-8-6-9(2)11(14)12(16-3)10(8)7-13(15)4-5-13/h6,15H,4-5,7H2,1-3H3. The summed E-state index contributed by atoms with van der Waals surface area (Å²) in [4.78, 5) is 0. The van der Waals surface area contributed by atoms with Gasteiger partial charge in [0.1, 0.15) is 5.75 Å². The van der Waals surface area contributed by atoms with E-state index in [1.54, 1.807) is 7.11 Å². The molecule has 1 N–H and O–H groups in total. The first-order chi connectivity index (χ1) is 7.47. The Bertz CT molecular complexity index is 422. The first-order valence-corrected chi connectivity index (χ1v) is 6.31. The van der Waals surface area contributed by atoms with Crippen LogP contribution in [0.25, 0.3) is 0 Å². The van der Waals surface area contributed by atoms with Crippen LogP contribution in [0.3, 0.4) is 0 Å². The fourth-order valence-corrected chi connectivity index (χ4v) is 2.56. The molecule has 0 amide bonds. The monoisotopic (exact) mass is 284 g/mol. The summed E-state index contributed by atoms with van der Waals surface area (Å²) in [6, 6.07) is 2.13. The van der Waals surface area contributed by atoms with Crippen molar-refractivity contribution in [1.29, 1.82) is 0 Å². The molecule has 2 rings (SSSR count). The number of hydrogen-bond donors (Lipinski definition) is 1. The molecule has 1 saturated carbocycles. The fourth-order valence-electron chi connectivity index (χ4n) is 2.05. The highest BCUT2D eigenvalue weighted by atomic mass is 79.9. The second kappa shape index (κ2) is 4.04. The second-order valence-electron chi connectivity index (χ2n) is 4.74. The van der Waals surface area contributed by atoms with Gasteiger partial charge in [0.15, 0.2) is 0 Å². The molecule has 0 spiro atoms. The lowest BCUT2D eigenvalue weighted by Crippen LogP contribution is -2.13. The lowest BCUT2D eigenvalue weighted by atomic mass is 9.98. The molecule has 0 unspecified atom stereocenters. The number of ether oxygens (including phenoxy) is 1. The van der Waals surface area contributed by atoms with Crippen molar-refractivity contribution < 1.29 is 9.84 Å². The molecule has 88 valence electrons. The van der Waals surface area contributed by atoms with Crippen molar-refractivity contribution in [3.63, 3.8) is 0 Å². The normalized spacial score (nSPS) is 17.3. The van der Waals surface area contributed by atoms with Crippen LogP contribution in [-0.2, 0) is 6.42 Å². The van der Waals surface area contributed by atoms with Crippen LogP contribution in [0.2, 0.25) is 0 Å². The molecule has 0 aromatic heterocycles. The Labute approximate surface area is 105 Å². The number of aliphatic hydroxyl groups is 1. The molecule has 16 heavy (non-hydrogen) atoms. The van der Waals surface area contributed by atoms with Gasteiger partial charge in [0.05, 0.1) is 17.2 Å². The third-order valence-electron chi connectivity index (χ3n) is 3.27. The Morgan fingerprint density at radius 2 is 2.00 bits per heavy atom. The Kier molecular flexibility index (Phi) is 3.01. The van der Waals surface area contributed by atoms with Crippen molar-refractivity contribution in [1.82, 2.24) is 0 Å². The van der Waals surface area contributed by atoms with Gasteiger partial charge in [-0.2, -0.15) is 0 Å². The zero-order valence-electron chi connectivity index (χ0n) is 9.93. The van der Waals surface area contributed by atoms with Gasteiger partial charge in [-0.1, -0.05) is 6.07 Å². The molecule has 1 fully saturated rings. The maximum Gasteiger partial charge on any atom is 0.136 e. The van der Waals surface area contributed by atoms with Crippen molar-refractivity contribution in [2.45, 2.75) is 38.7 Å². The first kappa shape index (κ1) is 11.9. The van der Waals surface area contributed by atoms with E-state index in [2.05, 4.69) is 35.8 Å². The van der Waals surface area contributed by atoms with Crippen LogP contribution in [0, 0.1) is 13.8 Å². The number of methoxy groups -OCH3 is 1. The van der Waals surface area contributed by atoms with Crippen molar-refractivity contribution in [3.8, 4) is 5.75 Å². The summed E-state index contributed by atoms with van der Waals surface area (Å²) >= 11 is 3.55. The van der Waals surface area contributed by atoms with Crippen LogP contribution in [0.1, 0.15) is 29.5 Å². The van der Waals surface area contributed by atoms with Crippen molar-refractivity contribution >= 4 is 15.9 Å². The van der Waals surface area contributed by atoms with Gasteiger partial charge in [-0.3, -0.25) is 0 Å². The predicted octanol–water partition coefficient (Wildman–Crippen LogP) is 3.14. The molecule has 0 aliphatic heterocycles. The molecule has 3 heteroatoms. The van der Waals surface area contributed by atoms with E-state index in [9.17, 15) is 5.11 Å². The van der Waals surface area contributed by atoms with E-state index in [-0.39, 0.29) is 0 Å². The van der Waals surface area contributed by atoms with E-state index in [1.165, 1.54) is 11.1 Å². The molecule has 0 radical (unpaired) electrons. The van der Waals surface area contributed by atoms with Gasteiger partial charge in [-0.15, -0.1) is 0 Å². The Hall–Kier alpha value is -0.540. The minimum atomic E-state index is -0.479. The first-order valence-electron chi connectivity index (χ1n) is 5.52. The molecule has 1 aromatic carbocycles. The number of halogens is 1. The van der Waals surface area contributed by atoms with Crippen LogP contribution in [0.15, 0.2) is 10.5 Å². The van der Waals surface area contributed by atoms with E-state index in [0.717, 1.165) is 28.6 Å². The van der Waals surface area contributed by atoms with Gasteiger partial charge in [-0.05, 0) is 53.7 Å². The maximum atomic E-state index is 10.0. The second-order valence-corrected chi connectivity index (χ2v) is 5.53. The van der Waals surface area contributed by atoms with Gasteiger partial charge in [-0.25, -0.2) is 0 Å². The largest absolute Gasteiger partial charge is 0.495 e. The SMILES string of the molecule is COc1c(Br)c(C)cc(C)c1CC1(O)CC1. The van der Waals surface area contributed by atoms with Gasteiger partial charge in [0.2, 0.25) is 0 Å². The third-order valence-corrected chi connectivity index (χ3v) is 4.25. The summed E-state index contributed by atoms with van der Waals surface area (Å²) < 4.78 is 6.45. The van der Waals surface area contributed by atoms with Crippen molar-refractivity contribution in [3.05, 3.63) is 27.2 Å². The highest BCUT2D eigenvalue weighted by Gasteiger charge is 2.41. The Balaban J connectivity index is 2.45. The Morgan fingerprint density at radius 1 is 1.38 bits per heavy atom. The predicted molar refractivity (Wildman–Crippen MR) is 68.1 cm³/mol. The topological polar surface area (TPSA) is 29.5 Å². The van der Waals surface area contributed by atoms with E-state index in [1.807, 2.05) is 0 Å². The van der Waals surface area contributed by atoms with Crippen molar-refractivity contribution in [2.24, 2.45) is 0 Å². The molecule has 1 aliphatic carbocycles. The highest BCUT2D eigenvalue weighted by molar-refractivity contribution is 9.10. The number of benzene rings is 1. The van der Waals surface area contributed by atoms with Gasteiger partial charge < -0.3 is 9.84 Å². The Morgan fingerprint density at radius 3 is 2.50 bits per heavy atom. The molecular formula is C13H17BrO2. The summed E-state index contributed by atoms with van der Waals surface area (Å²) in [5, 5.41) is 10.0. The van der Waals surface area contributed by atoms with E-state index in [4.69, 9.17) is 4.74 Å². The van der Waals surface area contributed by atoms with E-state index < -0.39 is 5.60 Å². The minimum absolute atomic E-state index is 0.479. The smallest absolute Gasteiger partial charge is 0.136 e. The van der Waals surface area contributed by atoms with Crippen LogP contribution in [0.4, 0.5) is 0 Å².